The molecule has 2 rings (SSSR count). The number of aromatic nitrogens is 2. The van der Waals surface area contributed by atoms with Gasteiger partial charge in [0.05, 0.1) is 4.90 Å². The highest BCUT2D eigenvalue weighted by atomic mass is 32.2. The second kappa shape index (κ2) is 5.00. The van der Waals surface area contributed by atoms with E-state index in [2.05, 4.69) is 10.1 Å². The van der Waals surface area contributed by atoms with Gasteiger partial charge in [-0.3, -0.25) is 0 Å². The normalized spacial score (nSPS) is 11.5. The van der Waals surface area contributed by atoms with Crippen LogP contribution in [0.25, 0.3) is 0 Å². The summed E-state index contributed by atoms with van der Waals surface area (Å²) in [5, 5.41) is 3.69. The van der Waals surface area contributed by atoms with Crippen LogP contribution in [-0.4, -0.2) is 32.7 Å². The summed E-state index contributed by atoms with van der Waals surface area (Å²) in [5.41, 5.74) is 0.704. The van der Waals surface area contributed by atoms with Gasteiger partial charge in [0.15, 0.2) is 9.84 Å². The van der Waals surface area contributed by atoms with Crippen LogP contribution in [0, 0.1) is 6.92 Å². The maximum Gasteiger partial charge on any atom is 0.265 e. The van der Waals surface area contributed by atoms with Gasteiger partial charge in [-0.25, -0.2) is 8.42 Å². The summed E-state index contributed by atoms with van der Waals surface area (Å²) in [5.74, 6) is 0.153. The molecule has 0 atom stereocenters. The molecule has 0 aliphatic heterocycles. The Bertz CT molecular complexity index is 677. The third-order valence-corrected chi connectivity index (χ3v) is 4.35. The number of hydrogen-bond acceptors (Lipinski definition) is 6. The van der Waals surface area contributed by atoms with Crippen LogP contribution in [0.5, 0.6) is 0 Å². The Balaban J connectivity index is 2.29. The van der Waals surface area contributed by atoms with E-state index in [0.717, 1.165) is 0 Å². The molecule has 1 heterocycles. The Morgan fingerprint density at radius 2 is 1.95 bits per heavy atom. The lowest BCUT2D eigenvalue weighted by atomic mass is 10.2. The van der Waals surface area contributed by atoms with Gasteiger partial charge < -0.3 is 9.42 Å². The molecule has 0 spiro atoms. The standard InChI is InChI=1S/C12H15N3O3S/c1-9-6-4-5-7-10(9)19(16,17)8-11-13-12(14-18-11)15(2)3/h4-7H,8H2,1-3H3. The molecule has 0 aliphatic carbocycles. The van der Waals surface area contributed by atoms with E-state index in [4.69, 9.17) is 4.52 Å². The second-order valence-electron chi connectivity index (χ2n) is 4.41. The van der Waals surface area contributed by atoms with Gasteiger partial charge in [-0.05, 0) is 23.7 Å². The van der Waals surface area contributed by atoms with E-state index < -0.39 is 9.84 Å². The van der Waals surface area contributed by atoms with Gasteiger partial charge in [-0.1, -0.05) is 18.2 Å². The number of rotatable bonds is 4. The summed E-state index contributed by atoms with van der Waals surface area (Å²) >= 11 is 0. The molecule has 0 N–H and O–H groups in total. The smallest absolute Gasteiger partial charge is 0.265 e. The van der Waals surface area contributed by atoms with Crippen molar-refractivity contribution in [2.45, 2.75) is 17.6 Å². The van der Waals surface area contributed by atoms with E-state index in [1.165, 1.54) is 0 Å². The van der Waals surface area contributed by atoms with Crippen LogP contribution in [0.4, 0.5) is 5.95 Å². The van der Waals surface area contributed by atoms with Crippen molar-refractivity contribution in [3.63, 3.8) is 0 Å². The van der Waals surface area contributed by atoms with Gasteiger partial charge >= 0.3 is 0 Å². The molecule has 0 radical (unpaired) electrons. The SMILES string of the molecule is Cc1ccccc1S(=O)(=O)Cc1nc(N(C)C)no1. The molecule has 0 saturated carbocycles. The van der Waals surface area contributed by atoms with E-state index in [-0.39, 0.29) is 11.6 Å². The molecule has 1 aromatic heterocycles. The van der Waals surface area contributed by atoms with Crippen molar-refractivity contribution in [1.29, 1.82) is 0 Å². The van der Waals surface area contributed by atoms with Crippen molar-refractivity contribution >= 4 is 15.8 Å². The van der Waals surface area contributed by atoms with E-state index >= 15 is 0 Å². The number of sulfone groups is 1. The first kappa shape index (κ1) is 13.5. The van der Waals surface area contributed by atoms with Crippen molar-refractivity contribution in [3.8, 4) is 0 Å². The summed E-state index contributed by atoms with van der Waals surface area (Å²) in [6.07, 6.45) is 0. The molecule has 6 nitrogen and oxygen atoms in total. The molecular weight excluding hydrogens is 266 g/mol. The third kappa shape index (κ3) is 2.93. The van der Waals surface area contributed by atoms with Crippen molar-refractivity contribution in [2.75, 3.05) is 19.0 Å². The lowest BCUT2D eigenvalue weighted by Gasteiger charge is -2.05. The lowest BCUT2D eigenvalue weighted by molar-refractivity contribution is 0.388. The zero-order chi connectivity index (χ0) is 14.0. The molecule has 0 saturated heterocycles. The van der Waals surface area contributed by atoms with Crippen LogP contribution < -0.4 is 4.90 Å². The summed E-state index contributed by atoms with van der Waals surface area (Å²) in [7, 11) is 0.0377. The fourth-order valence-electron chi connectivity index (χ4n) is 1.63. The average Bonchev–Trinajstić information content (AvgIpc) is 2.77. The molecular formula is C12H15N3O3S. The molecule has 102 valence electrons. The van der Waals surface area contributed by atoms with Crippen LogP contribution >= 0.6 is 0 Å². The van der Waals surface area contributed by atoms with Crippen LogP contribution in [0.3, 0.4) is 0 Å². The molecule has 1 aromatic carbocycles. The van der Waals surface area contributed by atoms with Gasteiger partial charge in [0.2, 0.25) is 5.89 Å². The molecule has 7 heteroatoms. The van der Waals surface area contributed by atoms with Gasteiger partial charge in [0, 0.05) is 14.1 Å². The molecule has 0 amide bonds. The van der Waals surface area contributed by atoms with E-state index in [1.54, 1.807) is 50.2 Å². The third-order valence-electron chi connectivity index (χ3n) is 2.60. The minimum absolute atomic E-state index is 0.0898. The fourth-order valence-corrected chi connectivity index (χ4v) is 3.07. The largest absolute Gasteiger partial charge is 0.344 e. The van der Waals surface area contributed by atoms with Crippen LogP contribution in [0.1, 0.15) is 11.5 Å². The highest BCUT2D eigenvalue weighted by molar-refractivity contribution is 7.90. The number of nitrogens with zero attached hydrogens (tertiary/aromatic N) is 3. The predicted octanol–water partition coefficient (Wildman–Crippen LogP) is 1.42. The highest BCUT2D eigenvalue weighted by Crippen LogP contribution is 2.19. The van der Waals surface area contributed by atoms with E-state index in [9.17, 15) is 8.42 Å². The Hall–Kier alpha value is -1.89. The van der Waals surface area contributed by atoms with Crippen LogP contribution in [0.2, 0.25) is 0 Å². The Morgan fingerprint density at radius 3 is 2.53 bits per heavy atom. The zero-order valence-electron chi connectivity index (χ0n) is 11.0. The second-order valence-corrected chi connectivity index (χ2v) is 6.37. The average molecular weight is 281 g/mol. The van der Waals surface area contributed by atoms with Crippen molar-refractivity contribution in [1.82, 2.24) is 10.1 Å². The van der Waals surface area contributed by atoms with Crippen molar-refractivity contribution in [3.05, 3.63) is 35.7 Å². The van der Waals surface area contributed by atoms with Crippen molar-refractivity contribution < 1.29 is 12.9 Å². The van der Waals surface area contributed by atoms with E-state index in [1.807, 2.05) is 0 Å². The van der Waals surface area contributed by atoms with Gasteiger partial charge in [-0.15, -0.1) is 0 Å². The van der Waals surface area contributed by atoms with Crippen LogP contribution in [0.15, 0.2) is 33.7 Å². The topological polar surface area (TPSA) is 76.3 Å². The zero-order valence-corrected chi connectivity index (χ0v) is 11.8. The van der Waals surface area contributed by atoms with Gasteiger partial charge in [0.25, 0.3) is 5.95 Å². The minimum atomic E-state index is -3.47. The fraction of sp³-hybridized carbons (Fsp3) is 0.333. The van der Waals surface area contributed by atoms with Gasteiger partial charge in [0.1, 0.15) is 5.75 Å². The number of aryl methyl sites for hydroxylation is 1. The molecule has 0 bridgehead atoms. The lowest BCUT2D eigenvalue weighted by Crippen LogP contribution is -2.11. The monoisotopic (exact) mass is 281 g/mol. The predicted molar refractivity (Wildman–Crippen MR) is 70.7 cm³/mol. The van der Waals surface area contributed by atoms with E-state index in [0.29, 0.717) is 16.4 Å². The summed E-state index contributed by atoms with van der Waals surface area (Å²) in [6, 6.07) is 6.82. The highest BCUT2D eigenvalue weighted by Gasteiger charge is 2.21. The first-order valence-corrected chi connectivity index (χ1v) is 7.33. The first-order chi connectivity index (χ1) is 8.90. The number of anilines is 1. The van der Waals surface area contributed by atoms with Crippen molar-refractivity contribution in [2.24, 2.45) is 0 Å². The quantitative estimate of drug-likeness (QED) is 0.843. The summed E-state index contributed by atoms with van der Waals surface area (Å²) in [4.78, 5) is 5.96. The number of hydrogen-bond donors (Lipinski definition) is 0. The summed E-state index contributed by atoms with van der Waals surface area (Å²) < 4.78 is 29.5. The molecule has 0 unspecified atom stereocenters. The Labute approximate surface area is 112 Å². The first-order valence-electron chi connectivity index (χ1n) is 5.68. The van der Waals surface area contributed by atoms with Gasteiger partial charge in [-0.2, -0.15) is 4.98 Å². The number of benzene rings is 1. The maximum absolute atomic E-state index is 12.3. The van der Waals surface area contributed by atoms with Crippen LogP contribution in [-0.2, 0) is 15.6 Å². The minimum Gasteiger partial charge on any atom is -0.344 e. The summed E-state index contributed by atoms with van der Waals surface area (Å²) in [6.45, 7) is 1.76. The Kier molecular flexibility index (Phi) is 3.57. The maximum atomic E-state index is 12.3. The molecule has 0 aliphatic rings. The molecule has 0 fully saturated rings. The molecule has 19 heavy (non-hydrogen) atoms. The molecule has 2 aromatic rings. The Morgan fingerprint density at radius 1 is 1.26 bits per heavy atom.